The largest absolute Gasteiger partial charge is 0.425 e. The number of nitrogens with zero attached hydrogens (tertiary/aromatic N) is 3. The number of aliphatic hydroxyl groups is 1. The second-order valence-corrected chi connectivity index (χ2v) is 4.77. The Balaban J connectivity index is 2.24. The van der Waals surface area contributed by atoms with Gasteiger partial charge in [0.05, 0.1) is 6.42 Å². The molecule has 0 bridgehead atoms. The fourth-order valence-electron chi connectivity index (χ4n) is 1.91. The molecule has 120 valence electrons. The van der Waals surface area contributed by atoms with E-state index in [1.54, 1.807) is 6.92 Å². The summed E-state index contributed by atoms with van der Waals surface area (Å²) in [6, 6.07) is 1.34. The van der Waals surface area contributed by atoms with E-state index in [1.807, 2.05) is 0 Å². The van der Waals surface area contributed by atoms with E-state index in [0.717, 1.165) is 10.8 Å². The monoisotopic (exact) mass is 318 g/mol. The summed E-state index contributed by atoms with van der Waals surface area (Å²) < 4.78 is 45.4. The normalized spacial score (nSPS) is 14.6. The third-order valence-electron chi connectivity index (χ3n) is 2.97. The maximum Gasteiger partial charge on any atom is 0.425 e. The van der Waals surface area contributed by atoms with Crippen LogP contribution in [0.1, 0.15) is 18.0 Å². The highest BCUT2D eigenvalue weighted by atomic mass is 19.4. The molecule has 2 heterocycles. The lowest BCUT2D eigenvalue weighted by molar-refractivity contribution is -0.270. The predicted molar refractivity (Wildman–Crippen MR) is 67.6 cm³/mol. The van der Waals surface area contributed by atoms with Crippen molar-refractivity contribution in [1.82, 2.24) is 14.7 Å². The summed E-state index contributed by atoms with van der Waals surface area (Å²) in [4.78, 5) is 15.3. The van der Waals surface area contributed by atoms with Crippen molar-refractivity contribution >= 4 is 11.7 Å². The number of amides is 1. The molecule has 22 heavy (non-hydrogen) atoms. The lowest BCUT2D eigenvalue weighted by Gasteiger charge is -2.29. The molecule has 10 heteroatoms. The first kappa shape index (κ1) is 16.0. The number of hydrogen-bond donors (Lipinski definition) is 2. The SMILES string of the molecule is Cc1cc(NC(=O)C[C@](O)(c2nccn2C)C(F)(F)F)no1. The van der Waals surface area contributed by atoms with Gasteiger partial charge in [-0.05, 0) is 6.92 Å². The van der Waals surface area contributed by atoms with Crippen molar-refractivity contribution < 1.29 is 27.6 Å². The maximum atomic E-state index is 13.2. The molecular weight excluding hydrogens is 305 g/mol. The van der Waals surface area contributed by atoms with Gasteiger partial charge in [0.15, 0.2) is 11.6 Å². The second-order valence-electron chi connectivity index (χ2n) is 4.77. The minimum absolute atomic E-state index is 0.0353. The highest BCUT2D eigenvalue weighted by Crippen LogP contribution is 2.40. The molecule has 2 aromatic heterocycles. The minimum Gasteiger partial charge on any atom is -0.374 e. The Bertz CT molecular complexity index is 679. The van der Waals surface area contributed by atoms with Crippen molar-refractivity contribution in [2.45, 2.75) is 25.1 Å². The first-order valence-electron chi connectivity index (χ1n) is 6.13. The number of aryl methyl sites for hydroxylation is 2. The number of halogens is 3. The Morgan fingerprint density at radius 2 is 2.18 bits per heavy atom. The van der Waals surface area contributed by atoms with Crippen molar-refractivity contribution in [3.63, 3.8) is 0 Å². The van der Waals surface area contributed by atoms with Gasteiger partial charge in [-0.3, -0.25) is 4.79 Å². The van der Waals surface area contributed by atoms with E-state index in [2.05, 4.69) is 20.0 Å². The predicted octanol–water partition coefficient (Wildman–Crippen LogP) is 1.50. The fraction of sp³-hybridized carbons (Fsp3) is 0.417. The number of alkyl halides is 3. The molecule has 1 atom stereocenters. The minimum atomic E-state index is -5.08. The van der Waals surface area contributed by atoms with Gasteiger partial charge < -0.3 is 19.5 Å². The van der Waals surface area contributed by atoms with Crippen LogP contribution in [-0.4, -0.2) is 31.9 Å². The van der Waals surface area contributed by atoms with Crippen LogP contribution < -0.4 is 5.32 Å². The highest BCUT2D eigenvalue weighted by molar-refractivity contribution is 5.90. The van der Waals surface area contributed by atoms with Gasteiger partial charge >= 0.3 is 6.18 Å². The first-order chi connectivity index (χ1) is 10.1. The van der Waals surface area contributed by atoms with Crippen molar-refractivity contribution in [1.29, 1.82) is 0 Å². The van der Waals surface area contributed by atoms with Gasteiger partial charge in [-0.1, -0.05) is 5.16 Å². The van der Waals surface area contributed by atoms with Gasteiger partial charge in [0.2, 0.25) is 11.5 Å². The van der Waals surface area contributed by atoms with E-state index in [-0.39, 0.29) is 5.82 Å². The zero-order chi connectivity index (χ0) is 16.5. The van der Waals surface area contributed by atoms with Crippen LogP contribution in [0.5, 0.6) is 0 Å². The maximum absolute atomic E-state index is 13.2. The van der Waals surface area contributed by atoms with Crippen molar-refractivity contribution in [2.75, 3.05) is 5.32 Å². The first-order valence-corrected chi connectivity index (χ1v) is 6.13. The van der Waals surface area contributed by atoms with Gasteiger partial charge in [0, 0.05) is 25.5 Å². The molecule has 0 fully saturated rings. The molecule has 0 radical (unpaired) electrons. The summed E-state index contributed by atoms with van der Waals surface area (Å²) >= 11 is 0. The average molecular weight is 318 g/mol. The van der Waals surface area contributed by atoms with Crippen molar-refractivity contribution in [2.24, 2.45) is 7.05 Å². The van der Waals surface area contributed by atoms with E-state index >= 15 is 0 Å². The van der Waals surface area contributed by atoms with E-state index in [1.165, 1.54) is 19.3 Å². The van der Waals surface area contributed by atoms with Gasteiger partial charge in [0.25, 0.3) is 0 Å². The summed E-state index contributed by atoms with van der Waals surface area (Å²) in [6.45, 7) is 1.56. The molecule has 2 N–H and O–H groups in total. The molecule has 0 aliphatic heterocycles. The number of carbonyl (C=O) groups excluding carboxylic acids is 1. The Hall–Kier alpha value is -2.36. The molecule has 0 unspecified atom stereocenters. The van der Waals surface area contributed by atoms with E-state index in [9.17, 15) is 23.1 Å². The Labute approximate surface area is 122 Å². The van der Waals surface area contributed by atoms with Crippen LogP contribution >= 0.6 is 0 Å². The molecule has 0 saturated heterocycles. The molecule has 0 spiro atoms. The highest BCUT2D eigenvalue weighted by Gasteiger charge is 2.58. The molecule has 2 aromatic rings. The summed E-state index contributed by atoms with van der Waals surface area (Å²) in [6.07, 6.45) is -3.99. The average Bonchev–Trinajstić information content (AvgIpc) is 2.96. The number of imidazole rings is 1. The van der Waals surface area contributed by atoms with Crippen LogP contribution in [0, 0.1) is 6.92 Å². The van der Waals surface area contributed by atoms with Crippen LogP contribution in [-0.2, 0) is 17.4 Å². The summed E-state index contributed by atoms with van der Waals surface area (Å²) in [5, 5.41) is 15.6. The zero-order valence-corrected chi connectivity index (χ0v) is 11.7. The summed E-state index contributed by atoms with van der Waals surface area (Å²) in [5.74, 6) is -1.40. The zero-order valence-electron chi connectivity index (χ0n) is 11.7. The van der Waals surface area contributed by atoms with E-state index in [0.29, 0.717) is 5.76 Å². The molecule has 7 nitrogen and oxygen atoms in total. The lowest BCUT2D eigenvalue weighted by atomic mass is 9.97. The standard InChI is InChI=1S/C12H13F3N4O3/c1-7-5-8(18-22-7)17-9(20)6-11(21,12(13,14)15)10-16-3-4-19(10)2/h3-5,21H,6H2,1-2H3,(H,17,18,20)/t11-/m0/s1. The van der Waals surface area contributed by atoms with Gasteiger partial charge in [-0.25, -0.2) is 4.98 Å². The number of aromatic nitrogens is 3. The molecule has 1 amide bonds. The molecule has 0 saturated carbocycles. The van der Waals surface area contributed by atoms with Gasteiger partial charge in [-0.15, -0.1) is 0 Å². The smallest absolute Gasteiger partial charge is 0.374 e. The Morgan fingerprint density at radius 3 is 2.64 bits per heavy atom. The quantitative estimate of drug-likeness (QED) is 0.891. The second kappa shape index (κ2) is 5.44. The Morgan fingerprint density at radius 1 is 1.50 bits per heavy atom. The van der Waals surface area contributed by atoms with E-state index in [4.69, 9.17) is 0 Å². The number of nitrogens with one attached hydrogen (secondary N) is 1. The van der Waals surface area contributed by atoms with Crippen LogP contribution in [0.3, 0.4) is 0 Å². The molecular formula is C12H13F3N4O3. The van der Waals surface area contributed by atoms with Crippen LogP contribution in [0.4, 0.5) is 19.0 Å². The summed E-state index contributed by atoms with van der Waals surface area (Å²) in [5.41, 5.74) is -3.41. The number of hydrogen-bond acceptors (Lipinski definition) is 5. The number of anilines is 1. The van der Waals surface area contributed by atoms with Gasteiger partial charge in [-0.2, -0.15) is 13.2 Å². The fourth-order valence-corrected chi connectivity index (χ4v) is 1.91. The Kier molecular flexibility index (Phi) is 3.96. The molecule has 0 aliphatic carbocycles. The topological polar surface area (TPSA) is 93.2 Å². The third-order valence-corrected chi connectivity index (χ3v) is 2.97. The third kappa shape index (κ3) is 2.96. The van der Waals surface area contributed by atoms with Crippen LogP contribution in [0.25, 0.3) is 0 Å². The van der Waals surface area contributed by atoms with Crippen molar-refractivity contribution in [3.8, 4) is 0 Å². The van der Waals surface area contributed by atoms with Crippen molar-refractivity contribution in [3.05, 3.63) is 30.0 Å². The lowest BCUT2D eigenvalue weighted by Crippen LogP contribution is -2.46. The van der Waals surface area contributed by atoms with Crippen LogP contribution in [0.2, 0.25) is 0 Å². The van der Waals surface area contributed by atoms with Crippen LogP contribution in [0.15, 0.2) is 23.0 Å². The number of carbonyl (C=O) groups is 1. The number of rotatable bonds is 4. The summed E-state index contributed by atoms with van der Waals surface area (Å²) in [7, 11) is 1.29. The molecule has 0 aromatic carbocycles. The molecule has 0 aliphatic rings. The van der Waals surface area contributed by atoms with Gasteiger partial charge in [0.1, 0.15) is 5.76 Å². The molecule has 2 rings (SSSR count). The van der Waals surface area contributed by atoms with E-state index < -0.39 is 29.9 Å².